The number of rotatable bonds is 3. The van der Waals surface area contributed by atoms with Gasteiger partial charge in [-0.3, -0.25) is 9.59 Å². The van der Waals surface area contributed by atoms with E-state index in [2.05, 4.69) is 0 Å². The normalized spacial score (nSPS) is 9.00. The number of carbonyl (C=O) groups is 2. The third kappa shape index (κ3) is 5.36. The molecule has 0 bridgehead atoms. The molecule has 1 amide bonds. The van der Waals surface area contributed by atoms with Crippen LogP contribution in [0.5, 0.6) is 0 Å². The summed E-state index contributed by atoms with van der Waals surface area (Å²) in [5.74, 6) is 0.269. The summed E-state index contributed by atoms with van der Waals surface area (Å²) in [4.78, 5) is 20.5. The molecule has 0 aliphatic heterocycles. The molecular formula is C5H9NO2S. The van der Waals surface area contributed by atoms with Crippen LogP contribution in [0, 0.1) is 0 Å². The van der Waals surface area contributed by atoms with Crippen molar-refractivity contribution >= 4 is 22.8 Å². The summed E-state index contributed by atoms with van der Waals surface area (Å²) in [7, 11) is 0. The fourth-order valence-corrected chi connectivity index (χ4v) is 0.761. The highest BCUT2D eigenvalue weighted by molar-refractivity contribution is 8.14. The zero-order valence-electron chi connectivity index (χ0n) is 5.22. The topological polar surface area (TPSA) is 60.2 Å². The molecule has 0 aliphatic rings. The van der Waals surface area contributed by atoms with E-state index >= 15 is 0 Å². The lowest BCUT2D eigenvalue weighted by Crippen LogP contribution is -2.07. The Morgan fingerprint density at radius 1 is 1.56 bits per heavy atom. The lowest BCUT2D eigenvalue weighted by atomic mass is 10.4. The molecule has 9 heavy (non-hydrogen) atoms. The smallest absolute Gasteiger partial charge is 0.276 e. The maximum absolute atomic E-state index is 10.5. The van der Waals surface area contributed by atoms with Gasteiger partial charge in [0.2, 0.25) is 0 Å². The van der Waals surface area contributed by atoms with Gasteiger partial charge in [0.1, 0.15) is 5.78 Å². The van der Waals surface area contributed by atoms with Gasteiger partial charge in [0.25, 0.3) is 5.24 Å². The minimum absolute atomic E-state index is 0.0544. The number of thioether (sulfide) groups is 1. The molecule has 0 saturated heterocycles. The lowest BCUT2D eigenvalue weighted by molar-refractivity contribution is -0.116. The number of carbonyl (C=O) groups excluding carboxylic acids is 2. The molecule has 0 fully saturated rings. The standard InChI is InChI=1S/C5H9NO2S/c1-2-4(7)3-9-5(6)8/h2-3H2,1H3,(H2,6,8). The molecule has 0 saturated carbocycles. The van der Waals surface area contributed by atoms with Crippen LogP contribution in [0.25, 0.3) is 0 Å². The first-order chi connectivity index (χ1) is 4.16. The number of amides is 1. The summed E-state index contributed by atoms with van der Waals surface area (Å²) in [6, 6.07) is 0. The first kappa shape index (κ1) is 8.49. The van der Waals surface area contributed by atoms with Crippen molar-refractivity contribution in [2.24, 2.45) is 5.73 Å². The Kier molecular flexibility index (Phi) is 4.13. The van der Waals surface area contributed by atoms with Crippen LogP contribution in [-0.4, -0.2) is 16.8 Å². The Balaban J connectivity index is 3.28. The second kappa shape index (κ2) is 4.38. The molecule has 52 valence electrons. The fraction of sp³-hybridized carbons (Fsp3) is 0.600. The van der Waals surface area contributed by atoms with E-state index in [4.69, 9.17) is 5.73 Å². The molecule has 0 aromatic heterocycles. The highest BCUT2D eigenvalue weighted by Gasteiger charge is 2.00. The summed E-state index contributed by atoms with van der Waals surface area (Å²) < 4.78 is 0. The van der Waals surface area contributed by atoms with E-state index in [-0.39, 0.29) is 11.5 Å². The van der Waals surface area contributed by atoms with E-state index < -0.39 is 5.24 Å². The largest absolute Gasteiger partial charge is 0.361 e. The number of ketones is 1. The van der Waals surface area contributed by atoms with Gasteiger partial charge in [-0.25, -0.2) is 0 Å². The molecule has 2 N–H and O–H groups in total. The van der Waals surface area contributed by atoms with Crippen LogP contribution in [0.1, 0.15) is 13.3 Å². The molecule has 0 rings (SSSR count). The number of hydrogen-bond donors (Lipinski definition) is 1. The maximum Gasteiger partial charge on any atom is 0.276 e. The van der Waals surface area contributed by atoms with Crippen LogP contribution in [0.2, 0.25) is 0 Å². The van der Waals surface area contributed by atoms with Crippen molar-refractivity contribution in [3.63, 3.8) is 0 Å². The molecule has 0 radical (unpaired) electrons. The zero-order valence-corrected chi connectivity index (χ0v) is 6.03. The Morgan fingerprint density at radius 2 is 2.11 bits per heavy atom. The van der Waals surface area contributed by atoms with Crippen molar-refractivity contribution in [2.75, 3.05) is 5.75 Å². The molecule has 3 nitrogen and oxygen atoms in total. The third-order valence-electron chi connectivity index (χ3n) is 0.770. The molecule has 0 spiro atoms. The first-order valence-corrected chi connectivity index (χ1v) is 3.59. The minimum atomic E-state index is -0.489. The van der Waals surface area contributed by atoms with Gasteiger partial charge in [-0.1, -0.05) is 18.7 Å². The Morgan fingerprint density at radius 3 is 2.44 bits per heavy atom. The second-order valence-electron chi connectivity index (χ2n) is 1.50. The summed E-state index contributed by atoms with van der Waals surface area (Å²) >= 11 is 0.853. The summed E-state index contributed by atoms with van der Waals surface area (Å²) in [6.45, 7) is 1.75. The summed E-state index contributed by atoms with van der Waals surface area (Å²) in [5.41, 5.74) is 4.77. The van der Waals surface area contributed by atoms with E-state index in [1.165, 1.54) is 0 Å². The first-order valence-electron chi connectivity index (χ1n) is 2.60. The van der Waals surface area contributed by atoms with Crippen molar-refractivity contribution in [2.45, 2.75) is 13.3 Å². The van der Waals surface area contributed by atoms with E-state index in [0.717, 1.165) is 11.8 Å². The fourth-order valence-electron chi connectivity index (χ4n) is 0.254. The number of nitrogens with two attached hydrogens (primary N) is 1. The van der Waals surface area contributed by atoms with Gasteiger partial charge in [-0.2, -0.15) is 0 Å². The van der Waals surface area contributed by atoms with E-state index in [1.54, 1.807) is 6.92 Å². The van der Waals surface area contributed by atoms with Crippen LogP contribution < -0.4 is 5.73 Å². The summed E-state index contributed by atoms with van der Waals surface area (Å²) in [5, 5.41) is -0.489. The van der Waals surface area contributed by atoms with Crippen LogP contribution in [0.4, 0.5) is 4.79 Å². The average Bonchev–Trinajstić information content (AvgIpc) is 1.83. The lowest BCUT2D eigenvalue weighted by Gasteiger charge is -1.90. The average molecular weight is 147 g/mol. The van der Waals surface area contributed by atoms with Gasteiger partial charge in [0.15, 0.2) is 0 Å². The van der Waals surface area contributed by atoms with Gasteiger partial charge >= 0.3 is 0 Å². The Hall–Kier alpha value is -0.510. The van der Waals surface area contributed by atoms with Crippen molar-refractivity contribution in [1.29, 1.82) is 0 Å². The van der Waals surface area contributed by atoms with Gasteiger partial charge in [0.05, 0.1) is 5.75 Å². The van der Waals surface area contributed by atoms with Gasteiger partial charge < -0.3 is 5.73 Å². The van der Waals surface area contributed by atoms with Crippen molar-refractivity contribution in [3.05, 3.63) is 0 Å². The van der Waals surface area contributed by atoms with Gasteiger partial charge in [-0.15, -0.1) is 0 Å². The molecule has 4 heteroatoms. The van der Waals surface area contributed by atoms with Gasteiger partial charge in [0, 0.05) is 6.42 Å². The maximum atomic E-state index is 10.5. The molecule has 0 aromatic rings. The number of primary amides is 1. The van der Waals surface area contributed by atoms with E-state index in [9.17, 15) is 9.59 Å². The van der Waals surface area contributed by atoms with Crippen LogP contribution in [0.15, 0.2) is 0 Å². The number of hydrogen-bond acceptors (Lipinski definition) is 3. The second-order valence-corrected chi connectivity index (χ2v) is 2.48. The molecule has 0 heterocycles. The Bertz CT molecular complexity index is 124. The van der Waals surface area contributed by atoms with Crippen LogP contribution >= 0.6 is 11.8 Å². The molecule has 0 unspecified atom stereocenters. The van der Waals surface area contributed by atoms with Crippen LogP contribution in [0.3, 0.4) is 0 Å². The highest BCUT2D eigenvalue weighted by atomic mass is 32.2. The van der Waals surface area contributed by atoms with Crippen molar-refractivity contribution in [1.82, 2.24) is 0 Å². The molecule has 0 aliphatic carbocycles. The SMILES string of the molecule is CCC(=O)CSC(N)=O. The van der Waals surface area contributed by atoms with Crippen molar-refractivity contribution in [3.8, 4) is 0 Å². The zero-order chi connectivity index (χ0) is 7.28. The highest BCUT2D eigenvalue weighted by Crippen LogP contribution is 1.99. The van der Waals surface area contributed by atoms with Gasteiger partial charge in [-0.05, 0) is 0 Å². The monoisotopic (exact) mass is 147 g/mol. The quantitative estimate of drug-likeness (QED) is 0.641. The third-order valence-corrected chi connectivity index (χ3v) is 1.52. The number of Topliss-reactive ketones (excluding diaryl/α,β-unsaturated/α-hetero) is 1. The molecule has 0 atom stereocenters. The Labute approximate surface area is 58.0 Å². The predicted octanol–water partition coefficient (Wildman–Crippen LogP) is 0.777. The van der Waals surface area contributed by atoms with E-state index in [0.29, 0.717) is 6.42 Å². The summed E-state index contributed by atoms with van der Waals surface area (Å²) in [6.07, 6.45) is 0.472. The van der Waals surface area contributed by atoms with Crippen LogP contribution in [-0.2, 0) is 4.79 Å². The molecule has 0 aromatic carbocycles. The predicted molar refractivity (Wildman–Crippen MR) is 37.3 cm³/mol. The minimum Gasteiger partial charge on any atom is -0.361 e. The molecular weight excluding hydrogens is 138 g/mol. The van der Waals surface area contributed by atoms with E-state index in [1.807, 2.05) is 0 Å². The van der Waals surface area contributed by atoms with Crippen molar-refractivity contribution < 1.29 is 9.59 Å².